The van der Waals surface area contributed by atoms with Crippen molar-refractivity contribution < 1.29 is 17.9 Å². The molecule has 9 heteroatoms. The second-order valence-electron chi connectivity index (χ2n) is 6.44. The number of ether oxygens (including phenoxy) is 1. The van der Waals surface area contributed by atoms with Crippen LogP contribution in [0.2, 0.25) is 0 Å². The molecule has 0 spiro atoms. The number of nitrogens with one attached hydrogen (secondary N) is 1. The fourth-order valence-corrected chi connectivity index (χ4v) is 6.16. The molecule has 27 heavy (non-hydrogen) atoms. The number of rotatable bonds is 7. The van der Waals surface area contributed by atoms with E-state index in [2.05, 4.69) is 10.3 Å². The van der Waals surface area contributed by atoms with Crippen LogP contribution in [0.5, 0.6) is 5.75 Å². The molecule has 1 aliphatic rings. The molecule has 1 aliphatic heterocycles. The van der Waals surface area contributed by atoms with Crippen LogP contribution in [0.25, 0.3) is 10.6 Å². The number of methoxy groups -OCH3 is 1. The van der Waals surface area contributed by atoms with Crippen LogP contribution >= 0.6 is 23.1 Å². The van der Waals surface area contributed by atoms with Crippen molar-refractivity contribution >= 4 is 38.8 Å². The summed E-state index contributed by atoms with van der Waals surface area (Å²) >= 11 is 3.06. The summed E-state index contributed by atoms with van der Waals surface area (Å²) in [4.78, 5) is 16.9. The van der Waals surface area contributed by atoms with E-state index in [-0.39, 0.29) is 28.7 Å². The van der Waals surface area contributed by atoms with E-state index in [1.165, 1.54) is 11.8 Å². The number of thiazole rings is 1. The first kappa shape index (κ1) is 20.2. The molecule has 1 amide bonds. The number of carbonyl (C=O) groups excluding carboxylic acids is 1. The van der Waals surface area contributed by atoms with Gasteiger partial charge in [0, 0.05) is 22.7 Å². The Kier molecular flexibility index (Phi) is 6.44. The average molecular weight is 427 g/mol. The number of benzene rings is 1. The molecule has 6 nitrogen and oxygen atoms in total. The first-order valence-electron chi connectivity index (χ1n) is 8.57. The Morgan fingerprint density at radius 2 is 2.30 bits per heavy atom. The highest BCUT2D eigenvalue weighted by Gasteiger charge is 2.30. The van der Waals surface area contributed by atoms with Gasteiger partial charge in [-0.05, 0) is 25.5 Å². The number of amides is 1. The van der Waals surface area contributed by atoms with E-state index < -0.39 is 9.84 Å². The molecule has 2 atom stereocenters. The van der Waals surface area contributed by atoms with Crippen LogP contribution in [0, 0.1) is 0 Å². The van der Waals surface area contributed by atoms with Crippen molar-refractivity contribution in [3.63, 3.8) is 0 Å². The Labute approximate surface area is 167 Å². The van der Waals surface area contributed by atoms with Gasteiger partial charge in [-0.2, -0.15) is 0 Å². The number of carbonyl (C=O) groups is 1. The number of aromatic nitrogens is 1. The van der Waals surface area contributed by atoms with E-state index in [0.717, 1.165) is 22.0 Å². The maximum Gasteiger partial charge on any atom is 0.233 e. The van der Waals surface area contributed by atoms with Crippen LogP contribution in [0.1, 0.15) is 19.0 Å². The van der Waals surface area contributed by atoms with Crippen molar-refractivity contribution in [2.24, 2.45) is 0 Å². The summed E-state index contributed by atoms with van der Waals surface area (Å²) in [6.45, 7) is 1.83. The lowest BCUT2D eigenvalue weighted by Gasteiger charge is -2.15. The summed E-state index contributed by atoms with van der Waals surface area (Å²) in [5, 5.41) is 5.49. The van der Waals surface area contributed by atoms with Gasteiger partial charge in [-0.3, -0.25) is 4.79 Å². The lowest BCUT2D eigenvalue weighted by atomic mass is 10.2. The van der Waals surface area contributed by atoms with Gasteiger partial charge in [-0.1, -0.05) is 12.1 Å². The Morgan fingerprint density at radius 3 is 3.00 bits per heavy atom. The van der Waals surface area contributed by atoms with Gasteiger partial charge in [0.2, 0.25) is 5.91 Å². The van der Waals surface area contributed by atoms with E-state index in [9.17, 15) is 13.2 Å². The van der Waals surface area contributed by atoms with Crippen molar-refractivity contribution in [3.05, 3.63) is 35.3 Å². The Morgan fingerprint density at radius 1 is 1.48 bits per heavy atom. The van der Waals surface area contributed by atoms with Crippen LogP contribution in [-0.4, -0.2) is 49.2 Å². The monoisotopic (exact) mass is 426 g/mol. The molecule has 1 aromatic carbocycles. The van der Waals surface area contributed by atoms with Gasteiger partial charge in [0.1, 0.15) is 10.8 Å². The van der Waals surface area contributed by atoms with Gasteiger partial charge in [0.05, 0.1) is 29.6 Å². The van der Waals surface area contributed by atoms with Crippen LogP contribution in [0.3, 0.4) is 0 Å². The smallest absolute Gasteiger partial charge is 0.233 e. The minimum Gasteiger partial charge on any atom is -0.497 e. The SMILES string of the molecule is COc1cccc(-c2nc(CS[C@@H](C)C(=O)N[C@@H]3CCS(=O)(=O)C3)cs2)c1. The Bertz CT molecular complexity index is 911. The standard InChI is InChI=1S/C18H22N2O4S3/c1-12(17(21)19-14-6-7-27(22,23)11-14)25-9-15-10-26-18(20-15)13-4-3-5-16(8-13)24-2/h3-5,8,10,12,14H,6-7,9,11H2,1-2H3,(H,19,21)/t12-,14+/m0/s1. The fraction of sp³-hybridized carbons (Fsp3) is 0.444. The van der Waals surface area contributed by atoms with Gasteiger partial charge in [0.25, 0.3) is 0 Å². The zero-order chi connectivity index (χ0) is 19.4. The van der Waals surface area contributed by atoms with E-state index in [0.29, 0.717) is 12.2 Å². The van der Waals surface area contributed by atoms with Gasteiger partial charge >= 0.3 is 0 Å². The van der Waals surface area contributed by atoms with Crippen molar-refractivity contribution in [1.29, 1.82) is 0 Å². The number of hydrogen-bond acceptors (Lipinski definition) is 7. The summed E-state index contributed by atoms with van der Waals surface area (Å²) in [7, 11) is -1.35. The molecule has 146 valence electrons. The van der Waals surface area contributed by atoms with E-state index in [4.69, 9.17) is 4.74 Å². The highest BCUT2D eigenvalue weighted by atomic mass is 32.2. The van der Waals surface area contributed by atoms with Crippen molar-refractivity contribution in [3.8, 4) is 16.3 Å². The first-order valence-corrected chi connectivity index (χ1v) is 12.3. The van der Waals surface area contributed by atoms with Crippen LogP contribution in [-0.2, 0) is 20.4 Å². The van der Waals surface area contributed by atoms with E-state index in [1.54, 1.807) is 18.4 Å². The normalized spacial score (nSPS) is 19.6. The molecule has 3 rings (SSSR count). The van der Waals surface area contributed by atoms with Crippen molar-refractivity contribution in [2.75, 3.05) is 18.6 Å². The highest BCUT2D eigenvalue weighted by Crippen LogP contribution is 2.28. The van der Waals surface area contributed by atoms with Crippen molar-refractivity contribution in [1.82, 2.24) is 10.3 Å². The molecule has 0 aliphatic carbocycles. The molecule has 1 aromatic heterocycles. The van der Waals surface area contributed by atoms with Gasteiger partial charge in [-0.15, -0.1) is 23.1 Å². The Hall–Kier alpha value is -1.58. The third-order valence-electron chi connectivity index (χ3n) is 4.30. The van der Waals surface area contributed by atoms with Crippen LogP contribution in [0.4, 0.5) is 0 Å². The molecule has 0 radical (unpaired) electrons. The molecule has 2 aromatic rings. The van der Waals surface area contributed by atoms with E-state index >= 15 is 0 Å². The summed E-state index contributed by atoms with van der Waals surface area (Å²) in [5.74, 6) is 1.50. The summed E-state index contributed by atoms with van der Waals surface area (Å²) in [6, 6.07) is 7.50. The maximum atomic E-state index is 12.3. The van der Waals surface area contributed by atoms with E-state index in [1.807, 2.05) is 36.6 Å². The van der Waals surface area contributed by atoms with Gasteiger partial charge < -0.3 is 10.1 Å². The predicted octanol–water partition coefficient (Wildman–Crippen LogP) is 2.74. The summed E-state index contributed by atoms with van der Waals surface area (Å²) in [5.41, 5.74) is 1.93. The average Bonchev–Trinajstić information content (AvgIpc) is 3.26. The zero-order valence-electron chi connectivity index (χ0n) is 15.2. The second-order valence-corrected chi connectivity index (χ2v) is 10.9. The van der Waals surface area contributed by atoms with Gasteiger partial charge in [-0.25, -0.2) is 13.4 Å². The quantitative estimate of drug-likeness (QED) is 0.733. The highest BCUT2D eigenvalue weighted by molar-refractivity contribution is 7.99. The summed E-state index contributed by atoms with van der Waals surface area (Å²) in [6.07, 6.45) is 0.501. The zero-order valence-corrected chi connectivity index (χ0v) is 17.6. The minimum absolute atomic E-state index is 0.0477. The van der Waals surface area contributed by atoms with Crippen LogP contribution < -0.4 is 10.1 Å². The molecule has 2 heterocycles. The minimum atomic E-state index is -2.99. The topological polar surface area (TPSA) is 85.4 Å². The van der Waals surface area contributed by atoms with Crippen molar-refractivity contribution in [2.45, 2.75) is 30.4 Å². The number of hydrogen-bond donors (Lipinski definition) is 1. The lowest BCUT2D eigenvalue weighted by molar-refractivity contribution is -0.120. The number of nitrogens with zero attached hydrogens (tertiary/aromatic N) is 1. The maximum absolute atomic E-state index is 12.3. The molecule has 1 N–H and O–H groups in total. The molecule has 0 unspecified atom stereocenters. The molecular weight excluding hydrogens is 404 g/mol. The molecule has 0 saturated carbocycles. The largest absolute Gasteiger partial charge is 0.497 e. The molecule has 1 fully saturated rings. The molecule has 0 bridgehead atoms. The second kappa shape index (κ2) is 8.62. The first-order chi connectivity index (χ1) is 12.9. The lowest BCUT2D eigenvalue weighted by Crippen LogP contribution is -2.40. The molecule has 1 saturated heterocycles. The van der Waals surface area contributed by atoms with Gasteiger partial charge in [0.15, 0.2) is 9.84 Å². The number of sulfone groups is 1. The predicted molar refractivity (Wildman–Crippen MR) is 110 cm³/mol. The summed E-state index contributed by atoms with van der Waals surface area (Å²) < 4.78 is 28.2. The number of thioether (sulfide) groups is 1. The third-order valence-corrected chi connectivity index (χ3v) is 8.18. The molecular formula is C18H22N2O4S3. The van der Waals surface area contributed by atoms with Crippen LogP contribution in [0.15, 0.2) is 29.6 Å². The fourth-order valence-electron chi connectivity index (χ4n) is 2.78. The third kappa shape index (κ3) is 5.46. The Balaban J connectivity index is 1.52.